The summed E-state index contributed by atoms with van der Waals surface area (Å²) in [6, 6.07) is 8.00. The van der Waals surface area contributed by atoms with E-state index in [-0.39, 0.29) is 19.6 Å². The molecule has 130 valence electrons. The first-order chi connectivity index (χ1) is 11.4. The Hall–Kier alpha value is -2.77. The molecule has 24 heavy (non-hydrogen) atoms. The first-order valence-corrected chi connectivity index (χ1v) is 7.46. The van der Waals surface area contributed by atoms with Gasteiger partial charge in [0.2, 0.25) is 0 Å². The van der Waals surface area contributed by atoms with Gasteiger partial charge >= 0.3 is 18.2 Å². The Morgan fingerprint density at radius 3 is 2.50 bits per heavy atom. The number of hydrogen-bond acceptors (Lipinski definition) is 5. The van der Waals surface area contributed by atoms with E-state index in [0.717, 1.165) is 10.5 Å². The van der Waals surface area contributed by atoms with Gasteiger partial charge in [0, 0.05) is 20.5 Å². The molecule has 0 bridgehead atoms. The molecule has 1 aliphatic rings. The van der Waals surface area contributed by atoms with E-state index in [0.29, 0.717) is 0 Å². The van der Waals surface area contributed by atoms with Gasteiger partial charge in [-0.3, -0.25) is 4.90 Å². The molecule has 1 heterocycles. The van der Waals surface area contributed by atoms with Crippen LogP contribution < -0.4 is 0 Å². The Balaban J connectivity index is 1.97. The number of likely N-dealkylation sites (tertiary alicyclic amines) is 1. The molecule has 1 unspecified atom stereocenters. The molecule has 0 radical (unpaired) electrons. The minimum Gasteiger partial charge on any atom is -0.480 e. The van der Waals surface area contributed by atoms with Crippen molar-refractivity contribution in [2.75, 3.05) is 20.6 Å². The van der Waals surface area contributed by atoms with Crippen LogP contribution in [0.3, 0.4) is 0 Å². The van der Waals surface area contributed by atoms with Crippen molar-refractivity contribution in [3.05, 3.63) is 35.9 Å². The standard InChI is InChI=1S/C16H20N2O6/c1-17(2)15(21)24-12-8-13(14(19)20)18(9-12)16(22)23-10-11-6-4-3-5-7-11/h3-7,12-13H,8-10H2,1-2H3,(H,19,20)/t12?,13-/m0/s1. The lowest BCUT2D eigenvalue weighted by Crippen LogP contribution is -2.41. The molecule has 1 N–H and O–H groups in total. The molecule has 1 saturated heterocycles. The van der Waals surface area contributed by atoms with Gasteiger partial charge in [0.25, 0.3) is 0 Å². The van der Waals surface area contributed by atoms with Crippen LogP contribution in [-0.4, -0.2) is 65.8 Å². The van der Waals surface area contributed by atoms with E-state index in [1.54, 1.807) is 12.1 Å². The van der Waals surface area contributed by atoms with Gasteiger partial charge in [-0.05, 0) is 5.56 Å². The van der Waals surface area contributed by atoms with Crippen molar-refractivity contribution in [1.82, 2.24) is 9.80 Å². The number of amides is 2. The van der Waals surface area contributed by atoms with E-state index in [9.17, 15) is 19.5 Å². The van der Waals surface area contributed by atoms with Gasteiger partial charge in [-0.1, -0.05) is 30.3 Å². The molecule has 0 aliphatic carbocycles. The third kappa shape index (κ3) is 4.37. The molecule has 1 aromatic carbocycles. The lowest BCUT2D eigenvalue weighted by Gasteiger charge is -2.20. The number of ether oxygens (including phenoxy) is 2. The first kappa shape index (κ1) is 17.6. The highest BCUT2D eigenvalue weighted by Crippen LogP contribution is 2.22. The highest BCUT2D eigenvalue weighted by atomic mass is 16.6. The van der Waals surface area contributed by atoms with Crippen LogP contribution in [0.25, 0.3) is 0 Å². The molecule has 0 aromatic heterocycles. The van der Waals surface area contributed by atoms with Crippen LogP contribution in [-0.2, 0) is 20.9 Å². The van der Waals surface area contributed by atoms with Crippen molar-refractivity contribution in [2.45, 2.75) is 25.2 Å². The van der Waals surface area contributed by atoms with Crippen LogP contribution in [0.15, 0.2) is 30.3 Å². The number of hydrogen-bond donors (Lipinski definition) is 1. The largest absolute Gasteiger partial charge is 0.480 e. The fraction of sp³-hybridized carbons (Fsp3) is 0.438. The topological polar surface area (TPSA) is 96.4 Å². The maximum atomic E-state index is 12.2. The summed E-state index contributed by atoms with van der Waals surface area (Å²) in [4.78, 5) is 37.5. The number of benzene rings is 1. The lowest BCUT2D eigenvalue weighted by atomic mass is 10.2. The zero-order valence-corrected chi connectivity index (χ0v) is 13.5. The number of aliphatic carboxylic acids is 1. The van der Waals surface area contributed by atoms with Gasteiger partial charge < -0.3 is 19.5 Å². The molecule has 0 saturated carbocycles. The fourth-order valence-electron chi connectivity index (χ4n) is 2.37. The van der Waals surface area contributed by atoms with Gasteiger partial charge in [-0.15, -0.1) is 0 Å². The maximum Gasteiger partial charge on any atom is 0.410 e. The Labute approximate surface area is 139 Å². The number of carboxylic acid groups (broad SMARTS) is 1. The number of carbonyl (C=O) groups excluding carboxylic acids is 2. The highest BCUT2D eigenvalue weighted by molar-refractivity contribution is 5.81. The summed E-state index contributed by atoms with van der Waals surface area (Å²) in [5, 5.41) is 9.28. The second-order valence-corrected chi connectivity index (χ2v) is 5.68. The monoisotopic (exact) mass is 336 g/mol. The smallest absolute Gasteiger partial charge is 0.410 e. The van der Waals surface area contributed by atoms with Gasteiger partial charge in [-0.25, -0.2) is 14.4 Å². The summed E-state index contributed by atoms with van der Waals surface area (Å²) in [7, 11) is 3.05. The van der Waals surface area contributed by atoms with E-state index in [1.807, 2.05) is 18.2 Å². The molecule has 2 amide bonds. The second kappa shape index (κ2) is 7.67. The molecule has 0 spiro atoms. The van der Waals surface area contributed by atoms with Crippen LogP contribution >= 0.6 is 0 Å². The fourth-order valence-corrected chi connectivity index (χ4v) is 2.37. The Bertz CT molecular complexity index is 604. The molecule has 2 atom stereocenters. The molecular formula is C16H20N2O6. The van der Waals surface area contributed by atoms with Crippen LogP contribution in [0, 0.1) is 0 Å². The van der Waals surface area contributed by atoms with E-state index < -0.39 is 30.3 Å². The molecule has 1 fully saturated rings. The molecular weight excluding hydrogens is 316 g/mol. The van der Waals surface area contributed by atoms with Gasteiger partial charge in [0.1, 0.15) is 18.8 Å². The van der Waals surface area contributed by atoms with Crippen molar-refractivity contribution in [2.24, 2.45) is 0 Å². The predicted molar refractivity (Wildman–Crippen MR) is 83.3 cm³/mol. The molecule has 2 rings (SSSR count). The number of nitrogens with zero attached hydrogens (tertiary/aromatic N) is 2. The summed E-state index contributed by atoms with van der Waals surface area (Å²) >= 11 is 0. The number of carboxylic acids is 1. The second-order valence-electron chi connectivity index (χ2n) is 5.68. The van der Waals surface area contributed by atoms with Crippen molar-refractivity contribution in [1.29, 1.82) is 0 Å². The Morgan fingerprint density at radius 1 is 1.25 bits per heavy atom. The summed E-state index contributed by atoms with van der Waals surface area (Å²) < 4.78 is 10.3. The van der Waals surface area contributed by atoms with Gasteiger partial charge in [-0.2, -0.15) is 0 Å². The van der Waals surface area contributed by atoms with Gasteiger partial charge in [0.05, 0.1) is 6.54 Å². The molecule has 8 heteroatoms. The van der Waals surface area contributed by atoms with Crippen molar-refractivity contribution >= 4 is 18.2 Å². The molecule has 8 nitrogen and oxygen atoms in total. The van der Waals surface area contributed by atoms with E-state index in [4.69, 9.17) is 9.47 Å². The number of rotatable bonds is 4. The van der Waals surface area contributed by atoms with Crippen LogP contribution in [0.2, 0.25) is 0 Å². The Morgan fingerprint density at radius 2 is 1.92 bits per heavy atom. The normalized spacial score (nSPS) is 19.7. The van der Waals surface area contributed by atoms with Crippen molar-refractivity contribution < 1.29 is 29.0 Å². The van der Waals surface area contributed by atoms with Crippen LogP contribution in [0.4, 0.5) is 9.59 Å². The van der Waals surface area contributed by atoms with Crippen LogP contribution in [0.5, 0.6) is 0 Å². The first-order valence-electron chi connectivity index (χ1n) is 7.46. The third-order valence-electron chi connectivity index (χ3n) is 3.62. The quantitative estimate of drug-likeness (QED) is 0.896. The Kier molecular flexibility index (Phi) is 5.62. The molecule has 1 aliphatic heterocycles. The lowest BCUT2D eigenvalue weighted by molar-refractivity contribution is -0.141. The maximum absolute atomic E-state index is 12.2. The number of carbonyl (C=O) groups is 3. The highest BCUT2D eigenvalue weighted by Gasteiger charge is 2.42. The zero-order valence-electron chi connectivity index (χ0n) is 13.5. The van der Waals surface area contributed by atoms with Crippen molar-refractivity contribution in [3.63, 3.8) is 0 Å². The summed E-state index contributed by atoms with van der Waals surface area (Å²) in [6.45, 7) is 0.0365. The van der Waals surface area contributed by atoms with Crippen LogP contribution in [0.1, 0.15) is 12.0 Å². The van der Waals surface area contributed by atoms with Gasteiger partial charge in [0.15, 0.2) is 0 Å². The van der Waals surface area contributed by atoms with Crippen molar-refractivity contribution in [3.8, 4) is 0 Å². The summed E-state index contributed by atoms with van der Waals surface area (Å²) in [6.07, 6.45) is -1.96. The third-order valence-corrected chi connectivity index (χ3v) is 3.62. The van der Waals surface area contributed by atoms with E-state index in [2.05, 4.69) is 0 Å². The van der Waals surface area contributed by atoms with E-state index in [1.165, 1.54) is 19.0 Å². The van der Waals surface area contributed by atoms with E-state index >= 15 is 0 Å². The minimum absolute atomic E-state index is 0.00975. The zero-order chi connectivity index (χ0) is 17.7. The summed E-state index contributed by atoms with van der Waals surface area (Å²) in [5.74, 6) is -1.16. The molecule has 1 aromatic rings. The SMILES string of the molecule is CN(C)C(=O)OC1C[C@@H](C(=O)O)N(C(=O)OCc2ccccc2)C1. The minimum atomic E-state index is -1.16. The average molecular weight is 336 g/mol. The summed E-state index contributed by atoms with van der Waals surface area (Å²) in [5.41, 5.74) is 0.799. The average Bonchev–Trinajstić information content (AvgIpc) is 2.97. The predicted octanol–water partition coefficient (Wildman–Crippen LogP) is 1.55.